The number of anilines is 1. The number of aromatic nitrogens is 2. The van der Waals surface area contributed by atoms with Crippen molar-refractivity contribution in [3.8, 4) is 11.4 Å². The molecule has 5 nitrogen and oxygen atoms in total. The van der Waals surface area contributed by atoms with E-state index in [4.69, 9.17) is 21.9 Å². The van der Waals surface area contributed by atoms with Gasteiger partial charge in [-0.1, -0.05) is 18.2 Å². The molecule has 0 radical (unpaired) electrons. The summed E-state index contributed by atoms with van der Waals surface area (Å²) in [7, 11) is 1.70. The lowest BCUT2D eigenvalue weighted by molar-refractivity contribution is 0.414. The maximum absolute atomic E-state index is 5.93. The average molecular weight is 483 g/mol. The van der Waals surface area contributed by atoms with Crippen LogP contribution in [0, 0.1) is 27.7 Å². The maximum Gasteiger partial charge on any atom is 0.174 e. The van der Waals surface area contributed by atoms with E-state index < -0.39 is 0 Å². The smallest absolute Gasteiger partial charge is 0.174 e. The van der Waals surface area contributed by atoms with Gasteiger partial charge in [0.1, 0.15) is 5.75 Å². The number of aryl methyl sites for hydroxylation is 3. The fraction of sp³-hybridized carbons (Fsp3) is 0.241. The molecule has 0 unspecified atom stereocenters. The Balaban J connectivity index is 1.68. The average Bonchev–Trinajstić information content (AvgIpc) is 3.36. The Morgan fingerprint density at radius 1 is 0.886 bits per heavy atom. The van der Waals surface area contributed by atoms with E-state index in [0.717, 1.165) is 28.5 Å². The Morgan fingerprint density at radius 2 is 1.71 bits per heavy atom. The summed E-state index contributed by atoms with van der Waals surface area (Å²) < 4.78 is 7.78. The van der Waals surface area contributed by atoms with Crippen LogP contribution in [0.2, 0.25) is 0 Å². The van der Waals surface area contributed by atoms with Gasteiger partial charge in [0.25, 0.3) is 0 Å². The van der Waals surface area contributed by atoms with E-state index in [0.29, 0.717) is 5.11 Å². The molecule has 1 saturated heterocycles. The number of pyridine rings is 1. The summed E-state index contributed by atoms with van der Waals surface area (Å²) in [5.74, 6) is 0.836. The molecule has 35 heavy (non-hydrogen) atoms. The molecule has 2 aromatic heterocycles. The van der Waals surface area contributed by atoms with Crippen molar-refractivity contribution in [1.29, 1.82) is 0 Å². The van der Waals surface area contributed by atoms with Crippen LogP contribution in [0.1, 0.15) is 45.9 Å². The quantitative estimate of drug-likeness (QED) is 0.339. The van der Waals surface area contributed by atoms with Gasteiger partial charge in [0, 0.05) is 35.0 Å². The predicted octanol–water partition coefficient (Wildman–Crippen LogP) is 6.29. The molecule has 1 aliphatic rings. The van der Waals surface area contributed by atoms with Gasteiger partial charge in [-0.25, -0.2) is 0 Å². The molecule has 5 rings (SSSR count). The molecule has 0 bridgehead atoms. The Morgan fingerprint density at radius 3 is 2.43 bits per heavy atom. The zero-order valence-electron chi connectivity index (χ0n) is 20.7. The Bertz CT molecular complexity index is 1400. The predicted molar refractivity (Wildman–Crippen MR) is 146 cm³/mol. The second-order valence-electron chi connectivity index (χ2n) is 9.13. The van der Waals surface area contributed by atoms with E-state index in [2.05, 4.69) is 84.9 Å². The minimum Gasteiger partial charge on any atom is -0.497 e. The molecule has 2 atom stereocenters. The van der Waals surface area contributed by atoms with Crippen molar-refractivity contribution in [1.82, 2.24) is 14.9 Å². The number of benzene rings is 2. The standard InChI is InChI=1S/C29H30N4OS/c1-18-12-13-23(15-19(18)2)33-28(27(31-29(33)35)26-11-6-7-14-30-26)25-16-20(3)32(21(25)4)22-9-8-10-24(17-22)34-5/h6-17,27-28H,1-5H3,(H,31,35)/t27-,28-/m0/s1. The first-order valence-corrected chi connectivity index (χ1v) is 12.2. The van der Waals surface area contributed by atoms with Crippen LogP contribution in [0.5, 0.6) is 5.75 Å². The highest BCUT2D eigenvalue weighted by Gasteiger charge is 2.42. The minimum absolute atomic E-state index is 0.0509. The Labute approximate surface area is 212 Å². The molecule has 0 spiro atoms. The number of hydrogen-bond acceptors (Lipinski definition) is 3. The van der Waals surface area contributed by atoms with Crippen LogP contribution in [0.15, 0.2) is 72.9 Å². The molecular weight excluding hydrogens is 452 g/mol. The molecule has 1 fully saturated rings. The SMILES string of the molecule is COc1cccc(-n2c(C)cc([C@H]3[C@H](c4ccccn4)NC(=S)N3c3ccc(C)c(C)c3)c2C)c1. The lowest BCUT2D eigenvalue weighted by Gasteiger charge is -2.28. The molecule has 3 heterocycles. The first-order chi connectivity index (χ1) is 16.9. The highest BCUT2D eigenvalue weighted by molar-refractivity contribution is 7.80. The normalized spacial score (nSPS) is 17.5. The van der Waals surface area contributed by atoms with E-state index in [1.807, 2.05) is 30.5 Å². The van der Waals surface area contributed by atoms with E-state index in [1.54, 1.807) is 7.11 Å². The van der Waals surface area contributed by atoms with Crippen LogP contribution in [0.4, 0.5) is 5.69 Å². The van der Waals surface area contributed by atoms with Gasteiger partial charge in [-0.3, -0.25) is 4.98 Å². The van der Waals surface area contributed by atoms with Crippen LogP contribution < -0.4 is 15.0 Å². The first kappa shape index (κ1) is 23.1. The molecular formula is C29H30N4OS. The van der Waals surface area contributed by atoms with Gasteiger partial charge in [0.15, 0.2) is 5.11 Å². The lowest BCUT2D eigenvalue weighted by atomic mass is 9.96. The van der Waals surface area contributed by atoms with E-state index in [-0.39, 0.29) is 12.1 Å². The number of methoxy groups -OCH3 is 1. The van der Waals surface area contributed by atoms with Gasteiger partial charge in [-0.05, 0) is 99.1 Å². The molecule has 2 aromatic carbocycles. The highest BCUT2D eigenvalue weighted by Crippen LogP contribution is 2.44. The topological polar surface area (TPSA) is 42.3 Å². The van der Waals surface area contributed by atoms with Gasteiger partial charge < -0.3 is 19.5 Å². The summed E-state index contributed by atoms with van der Waals surface area (Å²) in [6.45, 7) is 8.60. The summed E-state index contributed by atoms with van der Waals surface area (Å²) in [5, 5.41) is 4.29. The Kier molecular flexibility index (Phi) is 6.07. The second kappa shape index (κ2) is 9.19. The van der Waals surface area contributed by atoms with Crippen LogP contribution >= 0.6 is 12.2 Å². The third-order valence-corrected chi connectivity index (χ3v) is 7.28. The molecule has 0 amide bonds. The number of hydrogen-bond donors (Lipinski definition) is 1. The summed E-state index contributed by atoms with van der Waals surface area (Å²) in [5.41, 5.74) is 9.17. The van der Waals surface area contributed by atoms with Crippen molar-refractivity contribution in [3.05, 3.63) is 107 Å². The fourth-order valence-corrected chi connectivity index (χ4v) is 5.40. The Hall–Kier alpha value is -3.64. The van der Waals surface area contributed by atoms with Gasteiger partial charge in [0.2, 0.25) is 0 Å². The van der Waals surface area contributed by atoms with Crippen molar-refractivity contribution in [2.45, 2.75) is 39.8 Å². The monoisotopic (exact) mass is 482 g/mol. The molecule has 0 aliphatic carbocycles. The van der Waals surface area contributed by atoms with Crippen molar-refractivity contribution >= 4 is 23.0 Å². The van der Waals surface area contributed by atoms with Crippen LogP contribution in [0.25, 0.3) is 5.69 Å². The number of thiocarbonyl (C=S) groups is 1. The van der Waals surface area contributed by atoms with Gasteiger partial charge in [-0.15, -0.1) is 0 Å². The second-order valence-corrected chi connectivity index (χ2v) is 9.52. The van der Waals surface area contributed by atoms with Crippen molar-refractivity contribution in [2.24, 2.45) is 0 Å². The van der Waals surface area contributed by atoms with E-state index >= 15 is 0 Å². The van der Waals surface area contributed by atoms with E-state index in [9.17, 15) is 0 Å². The highest BCUT2D eigenvalue weighted by atomic mass is 32.1. The molecule has 4 aromatic rings. The third kappa shape index (κ3) is 4.08. The largest absolute Gasteiger partial charge is 0.497 e. The number of ether oxygens (including phenoxy) is 1. The van der Waals surface area contributed by atoms with Crippen molar-refractivity contribution in [3.63, 3.8) is 0 Å². The maximum atomic E-state index is 5.93. The summed E-state index contributed by atoms with van der Waals surface area (Å²) in [4.78, 5) is 6.95. The fourth-order valence-electron chi connectivity index (χ4n) is 5.06. The van der Waals surface area contributed by atoms with E-state index in [1.165, 1.54) is 22.4 Å². The minimum atomic E-state index is -0.0791. The van der Waals surface area contributed by atoms with Crippen molar-refractivity contribution in [2.75, 3.05) is 12.0 Å². The van der Waals surface area contributed by atoms with Gasteiger partial charge in [0.05, 0.1) is 24.9 Å². The zero-order chi connectivity index (χ0) is 24.7. The van der Waals surface area contributed by atoms with Crippen LogP contribution in [0.3, 0.4) is 0 Å². The van der Waals surface area contributed by atoms with Gasteiger partial charge >= 0.3 is 0 Å². The third-order valence-electron chi connectivity index (χ3n) is 6.97. The molecule has 1 aliphatic heterocycles. The molecule has 1 N–H and O–H groups in total. The number of nitrogens with one attached hydrogen (secondary N) is 1. The summed E-state index contributed by atoms with van der Waals surface area (Å²) >= 11 is 5.93. The summed E-state index contributed by atoms with van der Waals surface area (Å²) in [6, 6.07) is 22.9. The molecule has 6 heteroatoms. The van der Waals surface area contributed by atoms with Crippen LogP contribution in [-0.2, 0) is 0 Å². The zero-order valence-corrected chi connectivity index (χ0v) is 21.6. The molecule has 0 saturated carbocycles. The van der Waals surface area contributed by atoms with Crippen LogP contribution in [-0.4, -0.2) is 21.8 Å². The van der Waals surface area contributed by atoms with Gasteiger partial charge in [-0.2, -0.15) is 0 Å². The lowest BCUT2D eigenvalue weighted by Crippen LogP contribution is -2.29. The van der Waals surface area contributed by atoms with Crippen molar-refractivity contribution < 1.29 is 4.74 Å². The molecule has 178 valence electrons. The first-order valence-electron chi connectivity index (χ1n) is 11.8. The summed E-state index contributed by atoms with van der Waals surface area (Å²) in [6.07, 6.45) is 1.84. The number of nitrogens with zero attached hydrogens (tertiary/aromatic N) is 3. The number of rotatable bonds is 5.